The minimum absolute atomic E-state index is 0.0548. The molecule has 1 heterocycles. The van der Waals surface area contributed by atoms with Gasteiger partial charge in [-0.05, 0) is 26.4 Å². The van der Waals surface area contributed by atoms with Crippen LogP contribution in [0, 0.1) is 11.8 Å². The minimum atomic E-state index is -2.56. The maximum Gasteiger partial charge on any atom is 0.255 e. The number of nitrogens with two attached hydrogens (primary N) is 1. The van der Waals surface area contributed by atoms with E-state index in [1.807, 2.05) is 0 Å². The van der Waals surface area contributed by atoms with Crippen LogP contribution in [0.15, 0.2) is 33.5 Å². The molecule has 3 aliphatic rings. The number of hydrogen-bond donors (Lipinski definition) is 4. The van der Waals surface area contributed by atoms with Gasteiger partial charge in [-0.1, -0.05) is 0 Å². The second kappa shape index (κ2) is 5.76. The quantitative estimate of drug-likeness (QED) is 0.483. The van der Waals surface area contributed by atoms with E-state index in [0.717, 1.165) is 6.39 Å². The summed E-state index contributed by atoms with van der Waals surface area (Å²) in [7, 11) is 3.18. The lowest BCUT2D eigenvalue weighted by Gasteiger charge is -2.49. The van der Waals surface area contributed by atoms with E-state index in [9.17, 15) is 29.7 Å². The van der Waals surface area contributed by atoms with E-state index in [0.29, 0.717) is 5.69 Å². The average Bonchev–Trinajstić information content (AvgIpc) is 3.06. The average molecular weight is 389 g/mol. The van der Waals surface area contributed by atoms with E-state index in [1.165, 1.54) is 4.90 Å². The number of carbonyl (C=O) groups excluding carboxylic acids is 3. The third-order valence-corrected chi connectivity index (χ3v) is 5.92. The molecule has 5 N–H and O–H groups in total. The smallest absolute Gasteiger partial charge is 0.255 e. The summed E-state index contributed by atoms with van der Waals surface area (Å²) < 4.78 is 5.09. The number of allylic oxidation sites excluding steroid dienone is 1. The van der Waals surface area contributed by atoms with Crippen molar-refractivity contribution in [2.24, 2.45) is 17.6 Å². The van der Waals surface area contributed by atoms with Gasteiger partial charge in [0.05, 0.1) is 11.7 Å². The highest BCUT2D eigenvalue weighted by Crippen LogP contribution is 2.51. The van der Waals surface area contributed by atoms with Crippen molar-refractivity contribution in [3.8, 4) is 0 Å². The molecule has 1 aromatic rings. The van der Waals surface area contributed by atoms with Gasteiger partial charge < -0.3 is 25.5 Å². The number of nitrogens with zero attached hydrogens (tertiary/aromatic N) is 2. The molecule has 4 rings (SSSR count). The molecule has 1 amide bonds. The first-order valence-corrected chi connectivity index (χ1v) is 8.67. The van der Waals surface area contributed by atoms with Gasteiger partial charge in [-0.2, -0.15) is 0 Å². The Bertz CT molecular complexity index is 989. The van der Waals surface area contributed by atoms with Crippen LogP contribution < -0.4 is 5.73 Å². The molecule has 28 heavy (non-hydrogen) atoms. The highest BCUT2D eigenvalue weighted by Gasteiger charge is 2.63. The molecule has 3 aliphatic carbocycles. The van der Waals surface area contributed by atoms with Crippen molar-refractivity contribution in [3.63, 3.8) is 0 Å². The molecule has 1 aromatic heterocycles. The molecule has 0 bridgehead atoms. The molecule has 0 aromatic carbocycles. The van der Waals surface area contributed by atoms with Crippen LogP contribution in [0.5, 0.6) is 0 Å². The summed E-state index contributed by atoms with van der Waals surface area (Å²) in [6.07, 6.45) is 1.48. The number of likely N-dealkylation sites (N-methyl/N-ethyl adjacent to an activating group) is 1. The lowest BCUT2D eigenvalue weighted by atomic mass is 9.59. The molecule has 0 unspecified atom stereocenters. The fraction of sp³-hybridized carbons (Fsp3) is 0.444. The first-order chi connectivity index (χ1) is 13.1. The monoisotopic (exact) mass is 389 g/mol. The molecule has 0 saturated heterocycles. The molecule has 0 saturated carbocycles. The Hall–Kier alpha value is -2.98. The van der Waals surface area contributed by atoms with E-state index in [2.05, 4.69) is 4.98 Å². The molecule has 0 aliphatic heterocycles. The Kier molecular flexibility index (Phi) is 3.78. The van der Waals surface area contributed by atoms with Gasteiger partial charge in [-0.3, -0.25) is 19.3 Å². The van der Waals surface area contributed by atoms with Gasteiger partial charge in [0, 0.05) is 17.9 Å². The van der Waals surface area contributed by atoms with Crippen LogP contribution in [0.4, 0.5) is 0 Å². The van der Waals surface area contributed by atoms with Crippen molar-refractivity contribution in [1.82, 2.24) is 9.88 Å². The lowest BCUT2D eigenvalue weighted by molar-refractivity contribution is -0.148. The third-order valence-electron chi connectivity index (χ3n) is 5.92. The zero-order valence-electron chi connectivity index (χ0n) is 15.2. The largest absolute Gasteiger partial charge is 0.510 e. The van der Waals surface area contributed by atoms with Gasteiger partial charge in [0.1, 0.15) is 17.1 Å². The highest BCUT2D eigenvalue weighted by molar-refractivity contribution is 6.24. The van der Waals surface area contributed by atoms with E-state index in [-0.39, 0.29) is 24.2 Å². The number of hydrogen-bond acceptors (Lipinski definition) is 9. The van der Waals surface area contributed by atoms with Crippen molar-refractivity contribution < 1.29 is 34.1 Å². The van der Waals surface area contributed by atoms with Crippen LogP contribution in [0.25, 0.3) is 0 Å². The maximum absolute atomic E-state index is 13.0. The van der Waals surface area contributed by atoms with Crippen molar-refractivity contribution in [2.45, 2.75) is 24.5 Å². The number of aliphatic hydroxyl groups is 3. The Morgan fingerprint density at radius 3 is 2.64 bits per heavy atom. The van der Waals surface area contributed by atoms with Crippen LogP contribution in [0.3, 0.4) is 0 Å². The van der Waals surface area contributed by atoms with Crippen molar-refractivity contribution >= 4 is 17.5 Å². The molecule has 0 spiro atoms. The number of fused-ring (bicyclic) bond motifs is 3. The standard InChI is InChI=1S/C18H19N3O7/c1-21(2)11-7-3-6-4-8-14(28-5-20-8)13(23)9(6)15(24)18(7,27)16(25)10(12(11)22)17(19)26/h5-7,11,22,24,27H,3-4H2,1-2H3,(H2,19,26)/t6-,7+,11+,18+/m1/s1. The van der Waals surface area contributed by atoms with E-state index in [1.54, 1.807) is 14.1 Å². The molecule has 10 nitrogen and oxygen atoms in total. The normalized spacial score (nSPS) is 32.4. The maximum atomic E-state index is 13.0. The fourth-order valence-corrected chi connectivity index (χ4v) is 4.72. The second-order valence-electron chi connectivity index (χ2n) is 7.59. The van der Waals surface area contributed by atoms with E-state index < -0.39 is 58.0 Å². The summed E-state index contributed by atoms with van der Waals surface area (Å²) >= 11 is 0. The highest BCUT2D eigenvalue weighted by atomic mass is 16.4. The summed E-state index contributed by atoms with van der Waals surface area (Å²) in [5, 5.41) is 32.8. The summed E-state index contributed by atoms with van der Waals surface area (Å²) in [6.45, 7) is 0. The Balaban J connectivity index is 1.96. The molecule has 10 heteroatoms. The molecule has 0 fully saturated rings. The van der Waals surface area contributed by atoms with Crippen molar-refractivity contribution in [3.05, 3.63) is 40.5 Å². The van der Waals surface area contributed by atoms with Gasteiger partial charge in [-0.25, -0.2) is 4.98 Å². The molecular weight excluding hydrogens is 370 g/mol. The first-order valence-electron chi connectivity index (χ1n) is 8.67. The topological polar surface area (TPSA) is 167 Å². The number of primary amides is 1. The van der Waals surface area contributed by atoms with Crippen molar-refractivity contribution in [2.75, 3.05) is 14.1 Å². The van der Waals surface area contributed by atoms with Gasteiger partial charge in [0.15, 0.2) is 17.8 Å². The summed E-state index contributed by atoms with van der Waals surface area (Å²) in [5.41, 5.74) is 2.19. The number of aliphatic hydroxyl groups excluding tert-OH is 2. The fourth-order valence-electron chi connectivity index (χ4n) is 4.72. The number of Topliss-reactive ketones (excluding diaryl/α,β-unsaturated/α-hetero) is 2. The molecular formula is C18H19N3O7. The zero-order valence-corrected chi connectivity index (χ0v) is 15.2. The predicted molar refractivity (Wildman–Crippen MR) is 92.1 cm³/mol. The summed E-state index contributed by atoms with van der Waals surface area (Å²) in [4.78, 5) is 43.1. The third kappa shape index (κ3) is 2.09. The number of oxazole rings is 1. The molecule has 148 valence electrons. The molecule has 4 atom stereocenters. The Labute approximate surface area is 158 Å². The Morgan fingerprint density at radius 1 is 1.36 bits per heavy atom. The van der Waals surface area contributed by atoms with E-state index in [4.69, 9.17) is 10.2 Å². The van der Waals surface area contributed by atoms with Crippen molar-refractivity contribution in [1.29, 1.82) is 0 Å². The Morgan fingerprint density at radius 2 is 2.04 bits per heavy atom. The number of rotatable bonds is 2. The first kappa shape index (κ1) is 18.4. The SMILES string of the molecule is CN(C)[C@@H]1C(O)=C(C(N)=O)C(=O)[C@@]2(O)C(O)=C3C(=O)c4ocnc4C[C@H]3C[C@@H]12. The van der Waals surface area contributed by atoms with Gasteiger partial charge >= 0.3 is 0 Å². The minimum Gasteiger partial charge on any atom is -0.510 e. The van der Waals surface area contributed by atoms with Crippen LogP contribution in [0.2, 0.25) is 0 Å². The van der Waals surface area contributed by atoms with Crippen LogP contribution in [0.1, 0.15) is 22.7 Å². The number of carbonyl (C=O) groups is 3. The lowest BCUT2D eigenvalue weighted by Crippen LogP contribution is -2.63. The number of amides is 1. The van der Waals surface area contributed by atoms with Crippen LogP contribution in [-0.4, -0.2) is 68.4 Å². The predicted octanol–water partition coefficient (Wildman–Crippen LogP) is -0.597. The second-order valence-corrected chi connectivity index (χ2v) is 7.59. The van der Waals surface area contributed by atoms with Gasteiger partial charge in [0.2, 0.25) is 11.6 Å². The summed E-state index contributed by atoms with van der Waals surface area (Å²) in [5.74, 6) is -6.10. The zero-order chi connectivity index (χ0) is 20.5. The number of aromatic nitrogens is 1. The van der Waals surface area contributed by atoms with Gasteiger partial charge in [-0.15, -0.1) is 0 Å². The number of ketones is 2. The summed E-state index contributed by atoms with van der Waals surface area (Å²) in [6, 6.07) is -0.970. The van der Waals surface area contributed by atoms with E-state index >= 15 is 0 Å². The molecule has 0 radical (unpaired) electrons. The van der Waals surface area contributed by atoms with Gasteiger partial charge in [0.25, 0.3) is 5.91 Å². The van der Waals surface area contributed by atoms with Crippen LogP contribution in [-0.2, 0) is 16.0 Å². The van der Waals surface area contributed by atoms with Crippen LogP contribution >= 0.6 is 0 Å².